The van der Waals surface area contributed by atoms with Crippen LogP contribution in [0.5, 0.6) is 0 Å². The molecular weight excluding hydrogens is 272 g/mol. The Labute approximate surface area is 125 Å². The van der Waals surface area contributed by atoms with Crippen LogP contribution in [0.1, 0.15) is 26.0 Å². The highest BCUT2D eigenvalue weighted by Gasteiger charge is 2.29. The smallest absolute Gasteiger partial charge is 0.317 e. The van der Waals surface area contributed by atoms with Gasteiger partial charge in [-0.1, -0.05) is 0 Å². The van der Waals surface area contributed by atoms with Crippen molar-refractivity contribution in [3.05, 3.63) is 24.2 Å². The monoisotopic (exact) mass is 296 g/mol. The van der Waals surface area contributed by atoms with Crippen LogP contribution in [0.15, 0.2) is 22.8 Å². The standard InChI is InChI=1S/C15H24N2O4/c1-15(2)12-17(7-10-21-15)14(18)16-6-4-8-19-11-13-5-3-9-20-13/h3,5,9H,4,6-8,10-12H2,1-2H3,(H,16,18). The van der Waals surface area contributed by atoms with Gasteiger partial charge in [-0.05, 0) is 32.4 Å². The molecule has 6 heteroatoms. The second kappa shape index (κ2) is 7.47. The van der Waals surface area contributed by atoms with Crippen LogP contribution in [0.4, 0.5) is 4.79 Å². The maximum Gasteiger partial charge on any atom is 0.317 e. The molecule has 1 saturated heterocycles. The Balaban J connectivity index is 1.55. The van der Waals surface area contributed by atoms with Crippen molar-refractivity contribution in [3.8, 4) is 0 Å². The molecule has 0 aromatic carbocycles. The van der Waals surface area contributed by atoms with E-state index in [1.54, 1.807) is 11.2 Å². The first kappa shape index (κ1) is 15.9. The highest BCUT2D eigenvalue weighted by Crippen LogP contribution is 2.16. The average Bonchev–Trinajstić information content (AvgIpc) is 2.94. The van der Waals surface area contributed by atoms with Crippen molar-refractivity contribution in [2.45, 2.75) is 32.5 Å². The highest BCUT2D eigenvalue weighted by molar-refractivity contribution is 5.74. The number of nitrogens with one attached hydrogen (secondary N) is 1. The van der Waals surface area contributed by atoms with Crippen molar-refractivity contribution >= 4 is 6.03 Å². The minimum Gasteiger partial charge on any atom is -0.467 e. The van der Waals surface area contributed by atoms with Gasteiger partial charge >= 0.3 is 6.03 Å². The number of urea groups is 1. The van der Waals surface area contributed by atoms with Gasteiger partial charge in [-0.3, -0.25) is 0 Å². The fraction of sp³-hybridized carbons (Fsp3) is 0.667. The molecule has 118 valence electrons. The molecule has 0 spiro atoms. The minimum atomic E-state index is -0.262. The number of morpholine rings is 1. The molecule has 0 atom stereocenters. The number of hydrogen-bond acceptors (Lipinski definition) is 4. The first-order chi connectivity index (χ1) is 10.1. The molecule has 1 fully saturated rings. The Morgan fingerprint density at radius 3 is 3.10 bits per heavy atom. The van der Waals surface area contributed by atoms with Gasteiger partial charge in [0.25, 0.3) is 0 Å². The molecule has 1 aromatic rings. The summed E-state index contributed by atoms with van der Waals surface area (Å²) in [5.41, 5.74) is -0.262. The van der Waals surface area contributed by atoms with Crippen LogP contribution < -0.4 is 5.32 Å². The maximum atomic E-state index is 12.0. The lowest BCUT2D eigenvalue weighted by atomic mass is 10.1. The van der Waals surface area contributed by atoms with E-state index in [9.17, 15) is 4.79 Å². The lowest BCUT2D eigenvalue weighted by Crippen LogP contribution is -2.53. The zero-order valence-corrected chi connectivity index (χ0v) is 12.8. The van der Waals surface area contributed by atoms with Gasteiger partial charge in [0.15, 0.2) is 0 Å². The number of nitrogens with zero attached hydrogens (tertiary/aromatic N) is 1. The highest BCUT2D eigenvalue weighted by atomic mass is 16.5. The fourth-order valence-corrected chi connectivity index (χ4v) is 2.24. The van der Waals surface area contributed by atoms with Crippen LogP contribution in [0, 0.1) is 0 Å². The van der Waals surface area contributed by atoms with Gasteiger partial charge in [0.1, 0.15) is 12.4 Å². The molecule has 21 heavy (non-hydrogen) atoms. The predicted molar refractivity (Wildman–Crippen MR) is 78.0 cm³/mol. The predicted octanol–water partition coefficient (Wildman–Crippen LogP) is 2.01. The Morgan fingerprint density at radius 2 is 2.38 bits per heavy atom. The molecular formula is C15H24N2O4. The summed E-state index contributed by atoms with van der Waals surface area (Å²) >= 11 is 0. The third kappa shape index (κ3) is 5.40. The molecule has 0 bridgehead atoms. The molecule has 1 aliphatic rings. The summed E-state index contributed by atoms with van der Waals surface area (Å²) in [7, 11) is 0. The molecule has 0 radical (unpaired) electrons. The molecule has 1 aliphatic heterocycles. The third-order valence-corrected chi connectivity index (χ3v) is 3.28. The maximum absolute atomic E-state index is 12.0. The molecule has 1 aromatic heterocycles. The summed E-state index contributed by atoms with van der Waals surface area (Å²) < 4.78 is 16.2. The third-order valence-electron chi connectivity index (χ3n) is 3.28. The number of amides is 2. The molecule has 2 rings (SSSR count). The lowest BCUT2D eigenvalue weighted by Gasteiger charge is -2.38. The van der Waals surface area contributed by atoms with Gasteiger partial charge in [-0.25, -0.2) is 4.79 Å². The van der Waals surface area contributed by atoms with Crippen molar-refractivity contribution < 1.29 is 18.7 Å². The number of furan rings is 1. The van der Waals surface area contributed by atoms with Crippen molar-refractivity contribution in [2.75, 3.05) is 32.8 Å². The van der Waals surface area contributed by atoms with Gasteiger partial charge in [-0.2, -0.15) is 0 Å². The minimum absolute atomic E-state index is 0.0302. The Hall–Kier alpha value is -1.53. The number of rotatable bonds is 6. The first-order valence-corrected chi connectivity index (χ1v) is 7.34. The number of carbonyl (C=O) groups is 1. The van der Waals surface area contributed by atoms with Gasteiger partial charge in [-0.15, -0.1) is 0 Å². The molecule has 1 N–H and O–H groups in total. The molecule has 0 saturated carbocycles. The van der Waals surface area contributed by atoms with E-state index in [2.05, 4.69) is 5.32 Å². The second-order valence-electron chi connectivity index (χ2n) is 5.75. The zero-order chi connectivity index (χ0) is 15.1. The van der Waals surface area contributed by atoms with E-state index in [-0.39, 0.29) is 11.6 Å². The van der Waals surface area contributed by atoms with Crippen molar-refractivity contribution in [3.63, 3.8) is 0 Å². The van der Waals surface area contributed by atoms with Crippen molar-refractivity contribution in [1.29, 1.82) is 0 Å². The molecule has 6 nitrogen and oxygen atoms in total. The number of hydrogen-bond donors (Lipinski definition) is 1. The Kier molecular flexibility index (Phi) is 5.64. The molecule has 0 unspecified atom stereocenters. The van der Waals surface area contributed by atoms with E-state index in [1.165, 1.54) is 0 Å². The van der Waals surface area contributed by atoms with E-state index in [0.29, 0.717) is 39.5 Å². The van der Waals surface area contributed by atoms with Crippen LogP contribution in [-0.2, 0) is 16.1 Å². The first-order valence-electron chi connectivity index (χ1n) is 7.34. The summed E-state index contributed by atoms with van der Waals surface area (Å²) in [6.07, 6.45) is 2.41. The summed E-state index contributed by atoms with van der Waals surface area (Å²) in [5.74, 6) is 0.814. The zero-order valence-electron chi connectivity index (χ0n) is 12.8. The second-order valence-corrected chi connectivity index (χ2v) is 5.75. The van der Waals surface area contributed by atoms with Gasteiger partial charge in [0, 0.05) is 19.7 Å². The van der Waals surface area contributed by atoms with E-state index in [0.717, 1.165) is 12.2 Å². The summed E-state index contributed by atoms with van der Waals surface area (Å²) in [6.45, 7) is 7.51. The van der Waals surface area contributed by atoms with E-state index < -0.39 is 0 Å². The topological polar surface area (TPSA) is 63.9 Å². The van der Waals surface area contributed by atoms with Crippen molar-refractivity contribution in [1.82, 2.24) is 10.2 Å². The van der Waals surface area contributed by atoms with Crippen LogP contribution in [-0.4, -0.2) is 49.4 Å². The van der Waals surface area contributed by atoms with Crippen molar-refractivity contribution in [2.24, 2.45) is 0 Å². The molecule has 2 heterocycles. The fourth-order valence-electron chi connectivity index (χ4n) is 2.24. The summed E-state index contributed by atoms with van der Waals surface area (Å²) in [4.78, 5) is 13.8. The van der Waals surface area contributed by atoms with E-state index in [1.807, 2.05) is 26.0 Å². The van der Waals surface area contributed by atoms with E-state index in [4.69, 9.17) is 13.9 Å². The Bertz CT molecular complexity index is 431. The number of ether oxygens (including phenoxy) is 2. The summed E-state index contributed by atoms with van der Waals surface area (Å²) in [5, 5.41) is 2.91. The van der Waals surface area contributed by atoms with Crippen LogP contribution in [0.25, 0.3) is 0 Å². The quantitative estimate of drug-likeness (QED) is 0.816. The van der Waals surface area contributed by atoms with Gasteiger partial charge in [0.2, 0.25) is 0 Å². The van der Waals surface area contributed by atoms with E-state index >= 15 is 0 Å². The normalized spacial score (nSPS) is 17.7. The van der Waals surface area contributed by atoms with Crippen LogP contribution in [0.3, 0.4) is 0 Å². The molecule has 0 aliphatic carbocycles. The van der Waals surface area contributed by atoms with Crippen LogP contribution in [0.2, 0.25) is 0 Å². The molecule has 2 amide bonds. The lowest BCUT2D eigenvalue weighted by molar-refractivity contribution is -0.0733. The SMILES string of the molecule is CC1(C)CN(C(=O)NCCCOCc2ccco2)CCO1. The summed E-state index contributed by atoms with van der Waals surface area (Å²) in [6, 6.07) is 3.68. The van der Waals surface area contributed by atoms with Crippen LogP contribution >= 0.6 is 0 Å². The van der Waals surface area contributed by atoms with Gasteiger partial charge in [0.05, 0.1) is 25.0 Å². The number of carbonyl (C=O) groups excluding carboxylic acids is 1. The largest absolute Gasteiger partial charge is 0.467 e. The van der Waals surface area contributed by atoms with Gasteiger partial charge < -0.3 is 24.1 Å². The average molecular weight is 296 g/mol. The Morgan fingerprint density at radius 1 is 1.52 bits per heavy atom.